The summed E-state index contributed by atoms with van der Waals surface area (Å²) in [4.78, 5) is 0. The molecule has 0 saturated carbocycles. The molecule has 1 rings (SSSR count). The third-order valence-electron chi connectivity index (χ3n) is 2.23. The number of nitrogens with two attached hydrogens (primary N) is 1. The van der Waals surface area contributed by atoms with E-state index in [1.807, 2.05) is 13.0 Å². The lowest BCUT2D eigenvalue weighted by molar-refractivity contribution is 0.279. The zero-order chi connectivity index (χ0) is 10.6. The lowest BCUT2D eigenvalue weighted by Gasteiger charge is -2.12. The third-order valence-corrected chi connectivity index (χ3v) is 2.23. The Morgan fingerprint density at radius 2 is 2.13 bits per heavy atom. The number of hydrogen-bond acceptors (Lipinski definition) is 2. The number of aliphatic hydroxyl groups is 1. The van der Waals surface area contributed by atoms with Gasteiger partial charge < -0.3 is 10.8 Å². The van der Waals surface area contributed by atoms with Crippen molar-refractivity contribution >= 4 is 12.4 Å². The fourth-order valence-electron chi connectivity index (χ4n) is 1.40. The molecule has 0 heterocycles. The van der Waals surface area contributed by atoms with E-state index in [0.717, 1.165) is 5.56 Å². The first-order valence-electron chi connectivity index (χ1n) is 4.77. The molecule has 15 heavy (non-hydrogen) atoms. The molecule has 1 atom stereocenters. The largest absolute Gasteiger partial charge is 0.396 e. The SMILES string of the molecule is Cc1ccc([C@H](N)CCCO)c(F)c1.Cl. The molecule has 0 spiro atoms. The number of rotatable bonds is 4. The van der Waals surface area contributed by atoms with Gasteiger partial charge in [-0.2, -0.15) is 0 Å². The minimum Gasteiger partial charge on any atom is -0.396 e. The Morgan fingerprint density at radius 3 is 2.67 bits per heavy atom. The Kier molecular flexibility index (Phi) is 6.48. The van der Waals surface area contributed by atoms with Gasteiger partial charge in [0, 0.05) is 18.2 Å². The van der Waals surface area contributed by atoms with Crippen molar-refractivity contribution in [2.75, 3.05) is 6.61 Å². The zero-order valence-corrected chi connectivity index (χ0v) is 9.56. The van der Waals surface area contributed by atoms with E-state index in [9.17, 15) is 4.39 Å². The molecule has 0 aromatic heterocycles. The van der Waals surface area contributed by atoms with Crippen molar-refractivity contribution in [3.8, 4) is 0 Å². The van der Waals surface area contributed by atoms with E-state index < -0.39 is 0 Å². The van der Waals surface area contributed by atoms with Crippen molar-refractivity contribution in [3.05, 3.63) is 35.1 Å². The highest BCUT2D eigenvalue weighted by molar-refractivity contribution is 5.85. The molecule has 2 nitrogen and oxygen atoms in total. The van der Waals surface area contributed by atoms with E-state index in [2.05, 4.69) is 0 Å². The molecule has 0 saturated heterocycles. The van der Waals surface area contributed by atoms with Gasteiger partial charge in [0.05, 0.1) is 0 Å². The Balaban J connectivity index is 0.00000196. The highest BCUT2D eigenvalue weighted by Crippen LogP contribution is 2.19. The van der Waals surface area contributed by atoms with Crippen LogP contribution in [0.1, 0.15) is 30.0 Å². The standard InChI is InChI=1S/C11H16FNO.ClH/c1-8-4-5-9(10(12)7-8)11(13)3-2-6-14;/h4-5,7,11,14H,2-3,6,13H2,1H3;1H/t11-;/m1./s1. The van der Waals surface area contributed by atoms with Crippen molar-refractivity contribution in [1.29, 1.82) is 0 Å². The molecule has 0 aliphatic carbocycles. The minimum atomic E-state index is -0.317. The van der Waals surface area contributed by atoms with Gasteiger partial charge in [-0.1, -0.05) is 12.1 Å². The lowest BCUT2D eigenvalue weighted by atomic mass is 10.0. The van der Waals surface area contributed by atoms with E-state index in [4.69, 9.17) is 10.8 Å². The monoisotopic (exact) mass is 233 g/mol. The maximum Gasteiger partial charge on any atom is 0.128 e. The summed E-state index contributed by atoms with van der Waals surface area (Å²) in [5, 5.41) is 8.63. The van der Waals surface area contributed by atoms with Crippen LogP contribution in [0.3, 0.4) is 0 Å². The Bertz CT molecular complexity index is 307. The lowest BCUT2D eigenvalue weighted by Crippen LogP contribution is -2.12. The molecule has 1 aromatic carbocycles. The van der Waals surface area contributed by atoms with Crippen molar-refractivity contribution in [2.24, 2.45) is 5.73 Å². The summed E-state index contributed by atoms with van der Waals surface area (Å²) in [6.45, 7) is 1.94. The predicted molar refractivity (Wildman–Crippen MR) is 61.6 cm³/mol. The molecular formula is C11H17ClFNO. The second-order valence-corrected chi connectivity index (χ2v) is 3.50. The molecule has 0 bridgehead atoms. The van der Waals surface area contributed by atoms with Gasteiger partial charge in [0.25, 0.3) is 0 Å². The van der Waals surface area contributed by atoms with Crippen LogP contribution >= 0.6 is 12.4 Å². The molecule has 1 aromatic rings. The van der Waals surface area contributed by atoms with Gasteiger partial charge in [0.2, 0.25) is 0 Å². The van der Waals surface area contributed by atoms with Crippen LogP contribution in [0, 0.1) is 12.7 Å². The summed E-state index contributed by atoms with van der Waals surface area (Å²) in [6, 6.07) is 4.72. The third kappa shape index (κ3) is 4.16. The summed E-state index contributed by atoms with van der Waals surface area (Å²) in [5.74, 6) is -0.254. The van der Waals surface area contributed by atoms with Gasteiger partial charge in [0.1, 0.15) is 5.82 Å². The maximum atomic E-state index is 13.4. The fraction of sp³-hybridized carbons (Fsp3) is 0.455. The summed E-state index contributed by atoms with van der Waals surface area (Å²) in [6.07, 6.45) is 1.21. The first kappa shape index (κ1) is 14.4. The molecule has 0 fully saturated rings. The molecular weight excluding hydrogens is 217 g/mol. The van der Waals surface area contributed by atoms with Gasteiger partial charge in [-0.3, -0.25) is 0 Å². The molecule has 4 heteroatoms. The molecule has 86 valence electrons. The van der Waals surface area contributed by atoms with Gasteiger partial charge in [-0.15, -0.1) is 12.4 Å². The Hall–Kier alpha value is -0.640. The number of aliphatic hydroxyl groups excluding tert-OH is 1. The molecule has 0 radical (unpaired) electrons. The quantitative estimate of drug-likeness (QED) is 0.839. The van der Waals surface area contributed by atoms with Crippen LogP contribution in [0.4, 0.5) is 4.39 Å². The molecule has 0 aliphatic heterocycles. The van der Waals surface area contributed by atoms with Crippen LogP contribution in [-0.4, -0.2) is 11.7 Å². The van der Waals surface area contributed by atoms with Gasteiger partial charge in [-0.25, -0.2) is 4.39 Å². The van der Waals surface area contributed by atoms with Crippen LogP contribution in [0.5, 0.6) is 0 Å². The minimum absolute atomic E-state index is 0. The Labute approximate surface area is 95.7 Å². The number of halogens is 2. The van der Waals surface area contributed by atoms with E-state index in [1.54, 1.807) is 6.07 Å². The molecule has 0 amide bonds. The number of hydrogen-bond donors (Lipinski definition) is 2. The normalized spacial score (nSPS) is 12.0. The Morgan fingerprint density at radius 1 is 1.47 bits per heavy atom. The average Bonchev–Trinajstić information content (AvgIpc) is 2.14. The van der Waals surface area contributed by atoms with Crippen LogP contribution in [0.15, 0.2) is 18.2 Å². The molecule has 0 aliphatic rings. The summed E-state index contributed by atoms with van der Waals surface area (Å²) in [7, 11) is 0. The summed E-state index contributed by atoms with van der Waals surface area (Å²) in [5.41, 5.74) is 7.20. The topological polar surface area (TPSA) is 46.2 Å². The second-order valence-electron chi connectivity index (χ2n) is 3.50. The van der Waals surface area contributed by atoms with Crippen LogP contribution in [0.2, 0.25) is 0 Å². The number of benzene rings is 1. The average molecular weight is 234 g/mol. The smallest absolute Gasteiger partial charge is 0.128 e. The summed E-state index contributed by atoms with van der Waals surface area (Å²) >= 11 is 0. The first-order valence-corrected chi connectivity index (χ1v) is 4.77. The van der Waals surface area contributed by atoms with Crippen LogP contribution in [-0.2, 0) is 0 Å². The van der Waals surface area contributed by atoms with E-state index in [0.29, 0.717) is 18.4 Å². The van der Waals surface area contributed by atoms with Crippen LogP contribution in [0.25, 0.3) is 0 Å². The molecule has 0 unspecified atom stereocenters. The fourth-order valence-corrected chi connectivity index (χ4v) is 1.40. The highest BCUT2D eigenvalue weighted by atomic mass is 35.5. The van der Waals surface area contributed by atoms with Crippen molar-refractivity contribution in [1.82, 2.24) is 0 Å². The highest BCUT2D eigenvalue weighted by Gasteiger charge is 2.10. The summed E-state index contributed by atoms with van der Waals surface area (Å²) < 4.78 is 13.4. The van der Waals surface area contributed by atoms with E-state index in [1.165, 1.54) is 6.07 Å². The van der Waals surface area contributed by atoms with Gasteiger partial charge >= 0.3 is 0 Å². The van der Waals surface area contributed by atoms with Gasteiger partial charge in [0.15, 0.2) is 0 Å². The predicted octanol–water partition coefficient (Wildman–Crippen LogP) is 2.33. The zero-order valence-electron chi connectivity index (χ0n) is 8.74. The van der Waals surface area contributed by atoms with Crippen molar-refractivity contribution < 1.29 is 9.50 Å². The van der Waals surface area contributed by atoms with Crippen LogP contribution < -0.4 is 5.73 Å². The second kappa shape index (κ2) is 6.77. The van der Waals surface area contributed by atoms with Crippen molar-refractivity contribution in [2.45, 2.75) is 25.8 Å². The first-order chi connectivity index (χ1) is 6.65. The van der Waals surface area contributed by atoms with Gasteiger partial charge in [-0.05, 0) is 31.4 Å². The van der Waals surface area contributed by atoms with E-state index >= 15 is 0 Å². The van der Waals surface area contributed by atoms with Crippen molar-refractivity contribution in [3.63, 3.8) is 0 Å². The maximum absolute atomic E-state index is 13.4. The van der Waals surface area contributed by atoms with E-state index in [-0.39, 0.29) is 30.9 Å². The number of aryl methyl sites for hydroxylation is 1. The molecule has 3 N–H and O–H groups in total.